The molecule has 172 valence electrons. The summed E-state index contributed by atoms with van der Waals surface area (Å²) in [5.41, 5.74) is -5.23. The molecule has 0 saturated carbocycles. The molecule has 0 aromatic carbocycles. The summed E-state index contributed by atoms with van der Waals surface area (Å²) < 4.78 is 61.4. The van der Waals surface area contributed by atoms with E-state index in [0.717, 1.165) is 26.1 Å². The number of nitrogens with one attached hydrogen (secondary N) is 2. The van der Waals surface area contributed by atoms with Gasteiger partial charge in [-0.25, -0.2) is 8.42 Å². The second-order valence-corrected chi connectivity index (χ2v) is 9.36. The highest BCUT2D eigenvalue weighted by atomic mass is 127. The molecule has 0 aromatic heterocycles. The van der Waals surface area contributed by atoms with Crippen molar-refractivity contribution in [1.82, 2.24) is 19.8 Å². The van der Waals surface area contributed by atoms with Crippen LogP contribution in [0.15, 0.2) is 4.99 Å². The topological polar surface area (TPSA) is 77.0 Å². The highest BCUT2D eigenvalue weighted by Crippen LogP contribution is 2.30. The molecule has 0 aromatic rings. The number of alkyl halides is 3. The van der Waals surface area contributed by atoms with Crippen molar-refractivity contribution in [1.29, 1.82) is 0 Å². The molecule has 29 heavy (non-hydrogen) atoms. The number of aliphatic imine (C=N–C) groups is 1. The van der Waals surface area contributed by atoms with Gasteiger partial charge in [-0.3, -0.25) is 9.89 Å². The van der Waals surface area contributed by atoms with Crippen molar-refractivity contribution in [3.05, 3.63) is 0 Å². The number of sulfonamides is 1. The first-order valence-electron chi connectivity index (χ1n) is 9.94. The van der Waals surface area contributed by atoms with Crippen LogP contribution in [-0.4, -0.2) is 81.4 Å². The quantitative estimate of drug-likeness (QED) is 0.286. The lowest BCUT2D eigenvalue weighted by atomic mass is 9.98. The maximum absolute atomic E-state index is 12.6. The summed E-state index contributed by atoms with van der Waals surface area (Å²) in [5.74, 6) is 0.779. The van der Waals surface area contributed by atoms with Gasteiger partial charge in [0.25, 0.3) is 0 Å². The number of likely N-dealkylation sites (tertiary alicyclic amines) is 1. The van der Waals surface area contributed by atoms with E-state index in [1.807, 2.05) is 0 Å². The molecule has 2 saturated heterocycles. The van der Waals surface area contributed by atoms with Crippen molar-refractivity contribution >= 4 is 40.0 Å². The van der Waals surface area contributed by atoms with Gasteiger partial charge in [0.05, 0.1) is 0 Å². The van der Waals surface area contributed by atoms with Gasteiger partial charge in [-0.15, -0.1) is 24.0 Å². The molecule has 2 fully saturated rings. The maximum atomic E-state index is 12.6. The van der Waals surface area contributed by atoms with Crippen LogP contribution >= 0.6 is 24.0 Å². The van der Waals surface area contributed by atoms with Crippen LogP contribution in [0.1, 0.15) is 39.0 Å². The minimum absolute atomic E-state index is 0. The molecule has 1 unspecified atom stereocenters. The van der Waals surface area contributed by atoms with Crippen LogP contribution in [-0.2, 0) is 10.0 Å². The van der Waals surface area contributed by atoms with Gasteiger partial charge in [0.15, 0.2) is 5.96 Å². The number of guanidine groups is 1. The molecular formula is C17H33F3IN5O2S. The summed E-state index contributed by atoms with van der Waals surface area (Å²) in [6.45, 7) is 5.57. The monoisotopic (exact) mass is 555 g/mol. The van der Waals surface area contributed by atoms with Crippen LogP contribution in [0.5, 0.6) is 0 Å². The largest absolute Gasteiger partial charge is 0.511 e. The average Bonchev–Trinajstić information content (AvgIpc) is 3.18. The lowest BCUT2D eigenvalue weighted by molar-refractivity contribution is -0.0496. The van der Waals surface area contributed by atoms with Crippen molar-refractivity contribution in [2.24, 2.45) is 10.9 Å². The molecule has 2 N–H and O–H groups in total. The second-order valence-electron chi connectivity index (χ2n) is 7.43. The van der Waals surface area contributed by atoms with E-state index in [1.54, 1.807) is 7.05 Å². The van der Waals surface area contributed by atoms with Crippen LogP contribution in [0, 0.1) is 5.92 Å². The predicted molar refractivity (Wildman–Crippen MR) is 119 cm³/mol. The van der Waals surface area contributed by atoms with Gasteiger partial charge in [-0.05, 0) is 51.1 Å². The van der Waals surface area contributed by atoms with E-state index in [4.69, 9.17) is 0 Å². The highest BCUT2D eigenvalue weighted by molar-refractivity contribution is 14.0. The zero-order valence-electron chi connectivity index (χ0n) is 17.0. The van der Waals surface area contributed by atoms with Crippen LogP contribution in [0.3, 0.4) is 0 Å². The van der Waals surface area contributed by atoms with E-state index in [2.05, 4.69) is 27.4 Å². The molecule has 2 aliphatic heterocycles. The second kappa shape index (κ2) is 11.9. The summed E-state index contributed by atoms with van der Waals surface area (Å²) >= 11 is 0. The van der Waals surface area contributed by atoms with E-state index in [1.165, 1.54) is 12.8 Å². The zero-order chi connectivity index (χ0) is 20.8. The molecule has 0 bridgehead atoms. The van der Waals surface area contributed by atoms with Crippen molar-refractivity contribution in [2.75, 3.05) is 46.3 Å². The Kier molecular flexibility index (Phi) is 10.9. The highest BCUT2D eigenvalue weighted by Gasteiger charge is 2.50. The van der Waals surface area contributed by atoms with Crippen molar-refractivity contribution in [2.45, 2.75) is 50.6 Å². The first-order valence-corrected chi connectivity index (χ1v) is 11.4. The number of halogens is 4. The summed E-state index contributed by atoms with van der Waals surface area (Å²) in [5, 5.41) is 6.56. The van der Waals surface area contributed by atoms with Crippen molar-refractivity contribution in [3.63, 3.8) is 0 Å². The van der Waals surface area contributed by atoms with E-state index < -0.39 is 15.5 Å². The van der Waals surface area contributed by atoms with Crippen LogP contribution in [0.25, 0.3) is 0 Å². The minimum Gasteiger partial charge on any atom is -0.356 e. The van der Waals surface area contributed by atoms with Gasteiger partial charge in [0.1, 0.15) is 0 Å². The van der Waals surface area contributed by atoms with E-state index in [-0.39, 0.29) is 43.0 Å². The molecule has 1 atom stereocenters. The van der Waals surface area contributed by atoms with Crippen molar-refractivity contribution < 1.29 is 21.6 Å². The Balaban J connectivity index is 0.00000420. The predicted octanol–water partition coefficient (Wildman–Crippen LogP) is 2.21. The van der Waals surface area contributed by atoms with E-state index in [9.17, 15) is 21.6 Å². The van der Waals surface area contributed by atoms with E-state index >= 15 is 0 Å². The molecular weight excluding hydrogens is 522 g/mol. The number of nitrogens with zero attached hydrogens (tertiary/aromatic N) is 3. The molecule has 2 heterocycles. The summed E-state index contributed by atoms with van der Waals surface area (Å²) in [4.78, 5) is 6.70. The standard InChI is InChI=1S/C17H32F3N5O2S.HI/c1-3-15(24-8-4-5-9-24)13-23-16(21-2)22-12-14-6-10-25(11-7-14)28(26,27)17(18,19)20;/h14-15H,3-13H2,1-2H3,(H2,21,22,23);1H. The SMILES string of the molecule is CCC(CNC(=NC)NCC1CCN(S(=O)(=O)C(F)(F)F)CC1)N1CCCC1.I. The van der Waals surface area contributed by atoms with Gasteiger partial charge in [0.2, 0.25) is 0 Å². The van der Waals surface area contributed by atoms with Gasteiger partial charge in [0, 0.05) is 39.3 Å². The Morgan fingerprint density at radius 1 is 1.14 bits per heavy atom. The molecule has 2 rings (SSSR count). The number of hydrogen-bond acceptors (Lipinski definition) is 4. The third kappa shape index (κ3) is 7.39. The third-order valence-corrected chi connectivity index (χ3v) is 7.25. The van der Waals surface area contributed by atoms with Crippen LogP contribution in [0.2, 0.25) is 0 Å². The molecule has 0 radical (unpaired) electrons. The normalized spacial score (nSPS) is 21.6. The number of hydrogen-bond donors (Lipinski definition) is 2. The lowest BCUT2D eigenvalue weighted by Crippen LogP contribution is -2.49. The minimum atomic E-state index is -5.23. The van der Waals surface area contributed by atoms with E-state index in [0.29, 0.717) is 35.7 Å². The van der Waals surface area contributed by atoms with Gasteiger partial charge in [-0.2, -0.15) is 17.5 Å². The zero-order valence-corrected chi connectivity index (χ0v) is 20.2. The van der Waals surface area contributed by atoms with Crippen LogP contribution < -0.4 is 10.6 Å². The Morgan fingerprint density at radius 2 is 1.72 bits per heavy atom. The van der Waals surface area contributed by atoms with Crippen molar-refractivity contribution in [3.8, 4) is 0 Å². The number of rotatable bonds is 7. The molecule has 12 heteroatoms. The Bertz CT molecular complexity index is 619. The fourth-order valence-electron chi connectivity index (χ4n) is 3.81. The lowest BCUT2D eigenvalue weighted by Gasteiger charge is -2.32. The fraction of sp³-hybridized carbons (Fsp3) is 0.941. The smallest absolute Gasteiger partial charge is 0.356 e. The number of piperidine rings is 1. The molecule has 7 nitrogen and oxygen atoms in total. The maximum Gasteiger partial charge on any atom is 0.511 e. The summed E-state index contributed by atoms with van der Waals surface area (Å²) in [7, 11) is -3.53. The first kappa shape index (κ1) is 26.7. The van der Waals surface area contributed by atoms with Gasteiger partial charge in [-0.1, -0.05) is 6.92 Å². The average molecular weight is 555 g/mol. The Hall–Kier alpha value is -0.340. The molecule has 0 aliphatic carbocycles. The molecule has 2 aliphatic rings. The Labute approximate surface area is 188 Å². The summed E-state index contributed by atoms with van der Waals surface area (Å²) in [6.07, 6.45) is 4.32. The molecule has 0 spiro atoms. The van der Waals surface area contributed by atoms with Crippen LogP contribution in [0.4, 0.5) is 13.2 Å². The van der Waals surface area contributed by atoms with Gasteiger partial charge < -0.3 is 10.6 Å². The Morgan fingerprint density at radius 3 is 2.21 bits per heavy atom. The molecule has 0 amide bonds. The fourth-order valence-corrected chi connectivity index (χ4v) is 4.80. The van der Waals surface area contributed by atoms with Gasteiger partial charge >= 0.3 is 15.5 Å². The third-order valence-electron chi connectivity index (χ3n) is 5.62. The first-order chi connectivity index (χ1) is 13.2. The summed E-state index contributed by atoms with van der Waals surface area (Å²) in [6, 6.07) is 0.455.